The lowest BCUT2D eigenvalue weighted by atomic mass is 9.66. The van der Waals surface area contributed by atoms with Crippen LogP contribution >= 0.6 is 0 Å². The normalized spacial score (nSPS) is 29.0. The van der Waals surface area contributed by atoms with Crippen molar-refractivity contribution in [3.63, 3.8) is 0 Å². The number of hydrogen-bond donors (Lipinski definition) is 1. The second-order valence-electron chi connectivity index (χ2n) is 12.4. The Hall–Kier alpha value is -2.97. The van der Waals surface area contributed by atoms with Crippen LogP contribution in [0.1, 0.15) is 64.0 Å². The van der Waals surface area contributed by atoms with Crippen LogP contribution < -0.4 is 4.90 Å². The van der Waals surface area contributed by atoms with Crippen molar-refractivity contribution in [3.05, 3.63) is 54.6 Å². The second kappa shape index (κ2) is 12.1. The molecular formula is C33H46N2O6. The van der Waals surface area contributed by atoms with E-state index in [0.717, 1.165) is 29.7 Å². The fourth-order valence-corrected chi connectivity index (χ4v) is 7.23. The number of amides is 2. The number of aliphatic hydroxyl groups is 1. The minimum atomic E-state index is -1.20. The van der Waals surface area contributed by atoms with Crippen LogP contribution in [0.15, 0.2) is 43.5 Å². The van der Waals surface area contributed by atoms with Crippen molar-refractivity contribution >= 4 is 23.5 Å². The SMILES string of the molecule is C=CCCCCOC(=O)[C@H]1[C@H]2C(=O)N([C@@H](CO)C(C)C)C(C(=O)N(CC=C)c3cc(C)ccc3C)C23CC[C@]1(C)O3. The van der Waals surface area contributed by atoms with Crippen LogP contribution in [-0.2, 0) is 23.9 Å². The van der Waals surface area contributed by atoms with Crippen LogP contribution in [0.25, 0.3) is 0 Å². The van der Waals surface area contributed by atoms with Gasteiger partial charge in [-0.1, -0.05) is 38.1 Å². The van der Waals surface area contributed by atoms with Crippen molar-refractivity contribution in [2.75, 3.05) is 24.7 Å². The molecule has 1 aromatic rings. The molecule has 0 aromatic heterocycles. The summed E-state index contributed by atoms with van der Waals surface area (Å²) < 4.78 is 12.5. The Morgan fingerprint density at radius 3 is 2.59 bits per heavy atom. The van der Waals surface area contributed by atoms with Gasteiger partial charge in [0.05, 0.1) is 30.8 Å². The largest absolute Gasteiger partial charge is 0.465 e. The van der Waals surface area contributed by atoms with Gasteiger partial charge in [-0.15, -0.1) is 13.2 Å². The van der Waals surface area contributed by atoms with Gasteiger partial charge in [0, 0.05) is 12.2 Å². The van der Waals surface area contributed by atoms with Crippen LogP contribution in [0.5, 0.6) is 0 Å². The van der Waals surface area contributed by atoms with Crippen molar-refractivity contribution in [1.29, 1.82) is 0 Å². The molecule has 3 fully saturated rings. The summed E-state index contributed by atoms with van der Waals surface area (Å²) in [6.07, 6.45) is 6.88. The highest BCUT2D eigenvalue weighted by atomic mass is 16.6. The zero-order valence-corrected chi connectivity index (χ0v) is 25.2. The Kier molecular flexibility index (Phi) is 9.14. The minimum Gasteiger partial charge on any atom is -0.465 e. The fraction of sp³-hybridized carbons (Fsp3) is 0.606. The molecule has 1 spiro atoms. The highest BCUT2D eigenvalue weighted by molar-refractivity contribution is 6.05. The monoisotopic (exact) mass is 566 g/mol. The van der Waals surface area contributed by atoms with Crippen molar-refractivity contribution in [1.82, 2.24) is 4.90 Å². The number of carbonyl (C=O) groups excluding carboxylic acids is 3. The number of rotatable bonds is 13. The zero-order valence-electron chi connectivity index (χ0n) is 25.2. The van der Waals surface area contributed by atoms with Crippen LogP contribution in [0, 0.1) is 31.6 Å². The van der Waals surface area contributed by atoms with E-state index >= 15 is 0 Å². The maximum atomic E-state index is 14.8. The number of aryl methyl sites for hydroxylation is 2. The molecule has 2 amide bonds. The number of benzene rings is 1. The van der Waals surface area contributed by atoms with Gasteiger partial charge < -0.3 is 24.4 Å². The second-order valence-corrected chi connectivity index (χ2v) is 12.4. The van der Waals surface area contributed by atoms with Gasteiger partial charge >= 0.3 is 5.97 Å². The van der Waals surface area contributed by atoms with Crippen molar-refractivity contribution in [2.45, 2.75) is 90.0 Å². The molecule has 224 valence electrons. The first-order chi connectivity index (χ1) is 19.5. The molecule has 3 aliphatic rings. The minimum absolute atomic E-state index is 0.133. The van der Waals surface area contributed by atoms with Crippen molar-refractivity contribution in [2.24, 2.45) is 17.8 Å². The van der Waals surface area contributed by atoms with E-state index in [2.05, 4.69) is 13.2 Å². The molecule has 3 heterocycles. The average molecular weight is 567 g/mol. The molecule has 3 aliphatic heterocycles. The first-order valence-corrected chi connectivity index (χ1v) is 14.9. The number of hydrogen-bond acceptors (Lipinski definition) is 6. The Balaban J connectivity index is 1.78. The van der Waals surface area contributed by atoms with Gasteiger partial charge in [-0.25, -0.2) is 0 Å². The molecule has 2 unspecified atom stereocenters. The molecule has 8 nitrogen and oxygen atoms in total. The number of allylic oxidation sites excluding steroid dienone is 1. The maximum Gasteiger partial charge on any atom is 0.312 e. The van der Waals surface area contributed by atoms with Crippen LogP contribution in [-0.4, -0.2) is 70.8 Å². The summed E-state index contributed by atoms with van der Waals surface area (Å²) in [6.45, 7) is 17.4. The summed E-state index contributed by atoms with van der Waals surface area (Å²) in [5.41, 5.74) is 0.536. The molecule has 41 heavy (non-hydrogen) atoms. The van der Waals surface area contributed by atoms with Gasteiger partial charge in [0.2, 0.25) is 5.91 Å². The highest BCUT2D eigenvalue weighted by Gasteiger charge is 2.79. The summed E-state index contributed by atoms with van der Waals surface area (Å²) in [5, 5.41) is 10.5. The van der Waals surface area contributed by atoms with E-state index in [1.807, 2.05) is 58.9 Å². The lowest BCUT2D eigenvalue weighted by molar-refractivity contribution is -0.161. The number of unbranched alkanes of at least 4 members (excludes halogenated alkanes) is 2. The number of likely N-dealkylation sites (tertiary alicyclic amines) is 1. The lowest BCUT2D eigenvalue weighted by Gasteiger charge is -2.40. The highest BCUT2D eigenvalue weighted by Crippen LogP contribution is 2.64. The van der Waals surface area contributed by atoms with Gasteiger partial charge in [-0.2, -0.15) is 0 Å². The summed E-state index contributed by atoms with van der Waals surface area (Å²) in [7, 11) is 0. The van der Waals surface area contributed by atoms with Gasteiger partial charge in [-0.3, -0.25) is 14.4 Å². The molecular weight excluding hydrogens is 520 g/mol. The van der Waals surface area contributed by atoms with Crippen LogP contribution in [0.3, 0.4) is 0 Å². The van der Waals surface area contributed by atoms with Crippen LogP contribution in [0.2, 0.25) is 0 Å². The molecule has 0 radical (unpaired) electrons. The standard InChI is InChI=1S/C33H46N2O6/c1-8-10-11-12-18-40-31(39)27-26-29(37)35(25(20-36)21(3)4)28(33(26)16-15-32(27,7)41-33)30(38)34(17-9-2)24-19-22(5)13-14-23(24)6/h8-9,13-14,19,21,25-28,36H,1-2,10-12,15-18,20H2,3-7H3/t25-,26-,27+,28?,32-,33?/m0/s1. The average Bonchev–Trinajstić information content (AvgIpc) is 3.49. The molecule has 1 N–H and O–H groups in total. The third-order valence-corrected chi connectivity index (χ3v) is 9.30. The van der Waals surface area contributed by atoms with Gasteiger partial charge in [0.1, 0.15) is 17.6 Å². The third-order valence-electron chi connectivity index (χ3n) is 9.30. The number of anilines is 1. The van der Waals surface area contributed by atoms with Gasteiger partial charge in [-0.05, 0) is 76.0 Å². The Morgan fingerprint density at radius 2 is 1.95 bits per heavy atom. The topological polar surface area (TPSA) is 96.4 Å². The van der Waals surface area contributed by atoms with Gasteiger partial charge in [0.15, 0.2) is 0 Å². The molecule has 4 rings (SSSR count). The van der Waals surface area contributed by atoms with E-state index in [1.54, 1.807) is 11.0 Å². The first kappa shape index (κ1) is 31.0. The molecule has 3 saturated heterocycles. The third kappa shape index (κ3) is 5.25. The zero-order chi connectivity index (χ0) is 30.1. The molecule has 0 aliphatic carbocycles. The predicted molar refractivity (Wildman–Crippen MR) is 158 cm³/mol. The van der Waals surface area contributed by atoms with Gasteiger partial charge in [0.25, 0.3) is 5.91 Å². The summed E-state index contributed by atoms with van der Waals surface area (Å²) in [4.78, 5) is 46.0. The number of nitrogens with zero attached hydrogens (tertiary/aromatic N) is 2. The number of esters is 1. The van der Waals surface area contributed by atoms with E-state index in [9.17, 15) is 19.5 Å². The summed E-state index contributed by atoms with van der Waals surface area (Å²) in [6, 6.07) is 4.29. The predicted octanol–water partition coefficient (Wildman–Crippen LogP) is 4.50. The van der Waals surface area contributed by atoms with E-state index < -0.39 is 41.1 Å². The molecule has 1 aromatic carbocycles. The number of fused-ring (bicyclic) bond motifs is 1. The summed E-state index contributed by atoms with van der Waals surface area (Å²) >= 11 is 0. The molecule has 6 atom stereocenters. The number of ether oxygens (including phenoxy) is 2. The first-order valence-electron chi connectivity index (χ1n) is 14.9. The lowest BCUT2D eigenvalue weighted by Crippen LogP contribution is -2.60. The Labute approximate surface area is 244 Å². The molecule has 0 saturated carbocycles. The number of carbonyl (C=O) groups is 3. The van der Waals surface area contributed by atoms with Crippen LogP contribution in [0.4, 0.5) is 5.69 Å². The Morgan fingerprint density at radius 1 is 1.22 bits per heavy atom. The maximum absolute atomic E-state index is 14.8. The fourth-order valence-electron chi connectivity index (χ4n) is 7.23. The quantitative estimate of drug-likeness (QED) is 0.215. The molecule has 8 heteroatoms. The van der Waals surface area contributed by atoms with E-state index in [0.29, 0.717) is 19.3 Å². The smallest absolute Gasteiger partial charge is 0.312 e. The van der Waals surface area contributed by atoms with Crippen molar-refractivity contribution in [3.8, 4) is 0 Å². The Bertz CT molecular complexity index is 1200. The van der Waals surface area contributed by atoms with E-state index in [1.165, 1.54) is 4.90 Å². The summed E-state index contributed by atoms with van der Waals surface area (Å²) in [5.74, 6) is -2.91. The van der Waals surface area contributed by atoms with Crippen molar-refractivity contribution < 1.29 is 29.0 Å². The van der Waals surface area contributed by atoms with E-state index in [4.69, 9.17) is 9.47 Å². The van der Waals surface area contributed by atoms with E-state index in [-0.39, 0.29) is 37.5 Å². The number of aliphatic hydroxyl groups excluding tert-OH is 1. The molecule has 2 bridgehead atoms.